The summed E-state index contributed by atoms with van der Waals surface area (Å²) in [6, 6.07) is 5.65. The lowest BCUT2D eigenvalue weighted by Crippen LogP contribution is -2.49. The van der Waals surface area contributed by atoms with Gasteiger partial charge in [-0.1, -0.05) is 29.3 Å². The van der Waals surface area contributed by atoms with Crippen molar-refractivity contribution in [1.29, 1.82) is 0 Å². The van der Waals surface area contributed by atoms with Crippen molar-refractivity contribution in [3.8, 4) is 0 Å². The van der Waals surface area contributed by atoms with Gasteiger partial charge in [0.05, 0.1) is 28.4 Å². The number of piperazine rings is 1. The largest absolute Gasteiger partial charge is 0.390 e. The van der Waals surface area contributed by atoms with Gasteiger partial charge in [0.2, 0.25) is 0 Å². The zero-order valence-electron chi connectivity index (χ0n) is 16.0. The molecule has 1 unspecified atom stereocenters. The average Bonchev–Trinajstić information content (AvgIpc) is 2.93. The molecule has 7 nitrogen and oxygen atoms in total. The van der Waals surface area contributed by atoms with E-state index in [4.69, 9.17) is 28.9 Å². The van der Waals surface area contributed by atoms with Crippen LogP contribution in [0.1, 0.15) is 22.0 Å². The van der Waals surface area contributed by atoms with Gasteiger partial charge in [0, 0.05) is 38.4 Å². The molecule has 0 bridgehead atoms. The van der Waals surface area contributed by atoms with Crippen LogP contribution in [0.3, 0.4) is 0 Å². The quantitative estimate of drug-likeness (QED) is 0.739. The van der Waals surface area contributed by atoms with Gasteiger partial charge in [-0.25, -0.2) is 4.98 Å². The summed E-state index contributed by atoms with van der Waals surface area (Å²) < 4.78 is 1.84. The number of aromatic nitrogens is 2. The molecule has 1 aliphatic rings. The molecule has 1 saturated heterocycles. The Labute approximate surface area is 174 Å². The highest BCUT2D eigenvalue weighted by Gasteiger charge is 2.23. The number of carbonyl (C=O) groups is 1. The molecule has 1 fully saturated rings. The Morgan fingerprint density at radius 2 is 1.89 bits per heavy atom. The van der Waals surface area contributed by atoms with Gasteiger partial charge >= 0.3 is 0 Å². The second-order valence-corrected chi connectivity index (χ2v) is 7.87. The number of primary amides is 1. The van der Waals surface area contributed by atoms with Gasteiger partial charge in [-0.3, -0.25) is 9.69 Å². The molecule has 0 saturated carbocycles. The van der Waals surface area contributed by atoms with E-state index in [1.54, 1.807) is 19.9 Å². The predicted octanol–water partition coefficient (Wildman–Crippen LogP) is 2.09. The van der Waals surface area contributed by atoms with E-state index in [1.165, 1.54) is 0 Å². The van der Waals surface area contributed by atoms with Crippen LogP contribution in [-0.2, 0) is 6.54 Å². The van der Waals surface area contributed by atoms with E-state index in [1.807, 2.05) is 16.7 Å². The maximum absolute atomic E-state index is 11.4. The number of amides is 1. The topological polar surface area (TPSA) is 87.6 Å². The number of hydrogen-bond acceptors (Lipinski definition) is 5. The number of nitrogens with two attached hydrogens (primary N) is 1. The zero-order valence-corrected chi connectivity index (χ0v) is 17.5. The van der Waals surface area contributed by atoms with Crippen LogP contribution in [0.25, 0.3) is 0 Å². The number of aryl methyl sites for hydroxylation is 1. The molecule has 2 heterocycles. The lowest BCUT2D eigenvalue weighted by atomic mass is 10.2. The molecule has 1 aromatic heterocycles. The molecule has 1 aromatic carbocycles. The van der Waals surface area contributed by atoms with Crippen LogP contribution in [0.15, 0.2) is 18.2 Å². The maximum Gasteiger partial charge on any atom is 0.269 e. The fraction of sp³-hybridized carbons (Fsp3) is 0.474. The first-order valence-corrected chi connectivity index (χ1v) is 9.96. The minimum atomic E-state index is -0.575. The van der Waals surface area contributed by atoms with E-state index in [0.717, 1.165) is 31.9 Å². The summed E-state index contributed by atoms with van der Waals surface area (Å²) in [7, 11) is 0. The van der Waals surface area contributed by atoms with E-state index in [2.05, 4.69) is 14.8 Å². The normalized spacial score (nSPS) is 16.4. The van der Waals surface area contributed by atoms with Crippen molar-refractivity contribution in [2.24, 2.45) is 5.73 Å². The highest BCUT2D eigenvalue weighted by Crippen LogP contribution is 2.32. The van der Waals surface area contributed by atoms with E-state index in [0.29, 0.717) is 34.7 Å². The third-order valence-corrected chi connectivity index (χ3v) is 5.96. The summed E-state index contributed by atoms with van der Waals surface area (Å²) in [5, 5.41) is 11.7. The van der Waals surface area contributed by atoms with Crippen LogP contribution in [0.4, 0.5) is 5.69 Å². The van der Waals surface area contributed by atoms with Gasteiger partial charge < -0.3 is 20.3 Å². The van der Waals surface area contributed by atoms with Crippen LogP contribution in [0, 0.1) is 13.8 Å². The lowest BCUT2D eigenvalue weighted by Gasteiger charge is -2.37. The fourth-order valence-corrected chi connectivity index (χ4v) is 4.07. The Balaban J connectivity index is 1.56. The average molecular weight is 426 g/mol. The van der Waals surface area contributed by atoms with Gasteiger partial charge in [-0.05, 0) is 26.0 Å². The Morgan fingerprint density at radius 1 is 1.21 bits per heavy atom. The molecule has 28 heavy (non-hydrogen) atoms. The second-order valence-electron chi connectivity index (χ2n) is 7.08. The van der Waals surface area contributed by atoms with Gasteiger partial charge in [0.25, 0.3) is 5.91 Å². The molecule has 3 N–H and O–H groups in total. The number of rotatable bonds is 6. The van der Waals surface area contributed by atoms with Crippen molar-refractivity contribution < 1.29 is 9.90 Å². The van der Waals surface area contributed by atoms with Gasteiger partial charge in [-0.15, -0.1) is 0 Å². The third kappa shape index (κ3) is 4.43. The minimum absolute atomic E-state index is 0.261. The smallest absolute Gasteiger partial charge is 0.269 e. The lowest BCUT2D eigenvalue weighted by molar-refractivity contribution is 0.0936. The second kappa shape index (κ2) is 8.69. The summed E-state index contributed by atoms with van der Waals surface area (Å²) in [4.78, 5) is 20.1. The van der Waals surface area contributed by atoms with Crippen molar-refractivity contribution in [3.63, 3.8) is 0 Å². The SMILES string of the molecule is Cc1nc(C(N)=O)c(C)n1CC(O)CN1CCN(c2cccc(Cl)c2Cl)CC1. The molecule has 2 aromatic rings. The van der Waals surface area contributed by atoms with Crippen molar-refractivity contribution in [2.45, 2.75) is 26.5 Å². The summed E-state index contributed by atoms with van der Waals surface area (Å²) in [6.45, 7) is 7.75. The number of imidazole rings is 1. The highest BCUT2D eigenvalue weighted by molar-refractivity contribution is 6.43. The minimum Gasteiger partial charge on any atom is -0.390 e. The van der Waals surface area contributed by atoms with Gasteiger partial charge in [0.15, 0.2) is 0 Å². The van der Waals surface area contributed by atoms with Crippen molar-refractivity contribution in [2.75, 3.05) is 37.6 Å². The molecule has 1 atom stereocenters. The van der Waals surface area contributed by atoms with E-state index >= 15 is 0 Å². The molecule has 0 radical (unpaired) electrons. The molecule has 0 spiro atoms. The molecular weight excluding hydrogens is 401 g/mol. The first-order valence-electron chi connectivity index (χ1n) is 9.20. The molecule has 0 aliphatic carbocycles. The number of carbonyl (C=O) groups excluding carboxylic acids is 1. The van der Waals surface area contributed by atoms with E-state index in [-0.39, 0.29) is 5.69 Å². The van der Waals surface area contributed by atoms with Crippen LogP contribution < -0.4 is 10.6 Å². The number of anilines is 1. The first kappa shape index (κ1) is 20.9. The molecule has 1 aliphatic heterocycles. The summed E-state index contributed by atoms with van der Waals surface area (Å²) in [6.07, 6.45) is -0.575. The van der Waals surface area contributed by atoms with Crippen molar-refractivity contribution in [3.05, 3.63) is 45.5 Å². The van der Waals surface area contributed by atoms with Gasteiger partial charge in [0.1, 0.15) is 11.5 Å². The number of hydrogen-bond donors (Lipinski definition) is 2. The Morgan fingerprint density at radius 3 is 2.50 bits per heavy atom. The number of aliphatic hydroxyl groups is 1. The van der Waals surface area contributed by atoms with Crippen LogP contribution >= 0.6 is 23.2 Å². The maximum atomic E-state index is 11.4. The third-order valence-electron chi connectivity index (χ3n) is 5.15. The monoisotopic (exact) mass is 425 g/mol. The van der Waals surface area contributed by atoms with Crippen LogP contribution in [0.2, 0.25) is 10.0 Å². The number of nitrogens with zero attached hydrogens (tertiary/aromatic N) is 4. The summed E-state index contributed by atoms with van der Waals surface area (Å²) in [5.41, 5.74) is 7.24. The van der Waals surface area contributed by atoms with E-state index in [9.17, 15) is 9.90 Å². The fourth-order valence-electron chi connectivity index (χ4n) is 3.65. The van der Waals surface area contributed by atoms with Crippen LogP contribution in [-0.4, -0.2) is 64.3 Å². The summed E-state index contributed by atoms with van der Waals surface area (Å²) >= 11 is 12.4. The Bertz CT molecular complexity index is 862. The Hall–Kier alpha value is -1.80. The Kier molecular flexibility index (Phi) is 6.50. The molecule has 3 rings (SSSR count). The standard InChI is InChI=1S/C19H25Cl2N5O2/c1-12-18(19(22)28)23-13(2)26(12)11-14(27)10-24-6-8-25(9-7-24)16-5-3-4-15(20)17(16)21/h3-5,14,27H,6-11H2,1-2H3,(H2,22,28). The van der Waals surface area contributed by atoms with Gasteiger partial charge in [-0.2, -0.15) is 0 Å². The van der Waals surface area contributed by atoms with E-state index < -0.39 is 12.0 Å². The molecular formula is C19H25Cl2N5O2. The highest BCUT2D eigenvalue weighted by atomic mass is 35.5. The number of halogens is 2. The van der Waals surface area contributed by atoms with Crippen LogP contribution in [0.5, 0.6) is 0 Å². The molecule has 152 valence electrons. The van der Waals surface area contributed by atoms with Crippen molar-refractivity contribution in [1.82, 2.24) is 14.5 Å². The predicted molar refractivity (Wildman–Crippen MR) is 111 cm³/mol. The van der Waals surface area contributed by atoms with Crippen molar-refractivity contribution >= 4 is 34.8 Å². The number of aliphatic hydroxyl groups excluding tert-OH is 1. The summed E-state index contributed by atoms with van der Waals surface area (Å²) in [5.74, 6) is 0.121. The molecule has 1 amide bonds. The molecule has 9 heteroatoms. The number of β-amino-alcohol motifs (C(OH)–C–C–N with tert-alkyl or cyclic N) is 1. The number of benzene rings is 1. The first-order chi connectivity index (χ1) is 13.3. The zero-order chi connectivity index (χ0) is 20.4.